The van der Waals surface area contributed by atoms with E-state index in [1.807, 2.05) is 31.2 Å². The van der Waals surface area contributed by atoms with Crippen molar-refractivity contribution < 1.29 is 24.2 Å². The fourth-order valence-electron chi connectivity index (χ4n) is 4.63. The zero-order chi connectivity index (χ0) is 23.6. The molecule has 0 aliphatic heterocycles. The Labute approximate surface area is 193 Å². The first kappa shape index (κ1) is 22.8. The van der Waals surface area contributed by atoms with Crippen LogP contribution in [0.3, 0.4) is 0 Å². The summed E-state index contributed by atoms with van der Waals surface area (Å²) in [5.41, 5.74) is 3.40. The second kappa shape index (κ2) is 9.25. The molecule has 0 radical (unpaired) electrons. The highest BCUT2D eigenvalue weighted by Gasteiger charge is 2.48. The van der Waals surface area contributed by atoms with Crippen molar-refractivity contribution in [2.75, 3.05) is 13.2 Å². The van der Waals surface area contributed by atoms with Crippen molar-refractivity contribution in [3.8, 4) is 11.1 Å². The monoisotopic (exact) mass is 450 g/mol. The number of ether oxygens (including phenoxy) is 1. The molecule has 0 heterocycles. The maximum absolute atomic E-state index is 12.4. The molecule has 33 heavy (non-hydrogen) atoms. The fourth-order valence-corrected chi connectivity index (χ4v) is 4.63. The highest BCUT2D eigenvalue weighted by Crippen LogP contribution is 2.44. The Morgan fingerprint density at radius 1 is 1.06 bits per heavy atom. The van der Waals surface area contributed by atoms with E-state index in [1.54, 1.807) is 6.92 Å². The fraction of sp³-hybridized carbons (Fsp3) is 0.423. The van der Waals surface area contributed by atoms with Gasteiger partial charge in [-0.25, -0.2) is 9.59 Å². The molecule has 1 fully saturated rings. The number of hydrogen-bond acceptors (Lipinski definition) is 4. The summed E-state index contributed by atoms with van der Waals surface area (Å²) in [6, 6.07) is 16.3. The first-order valence-electron chi connectivity index (χ1n) is 11.4. The summed E-state index contributed by atoms with van der Waals surface area (Å²) in [6.45, 7) is 3.88. The highest BCUT2D eigenvalue weighted by atomic mass is 16.5. The number of rotatable bonds is 9. The van der Waals surface area contributed by atoms with Gasteiger partial charge in [0.25, 0.3) is 0 Å². The van der Waals surface area contributed by atoms with Crippen LogP contribution in [-0.4, -0.2) is 41.8 Å². The molecule has 4 rings (SSSR count). The van der Waals surface area contributed by atoms with Gasteiger partial charge in [0.1, 0.15) is 12.1 Å². The van der Waals surface area contributed by atoms with E-state index in [0.717, 1.165) is 24.0 Å². The third-order valence-electron chi connectivity index (χ3n) is 6.71. The van der Waals surface area contributed by atoms with Crippen LogP contribution in [0.15, 0.2) is 48.5 Å². The molecule has 2 aromatic rings. The molecule has 2 atom stereocenters. The van der Waals surface area contributed by atoms with Gasteiger partial charge in [0, 0.05) is 18.9 Å². The van der Waals surface area contributed by atoms with Gasteiger partial charge in [-0.1, -0.05) is 55.5 Å². The Morgan fingerprint density at radius 3 is 2.18 bits per heavy atom. The number of hydrogen-bond donors (Lipinski definition) is 3. The van der Waals surface area contributed by atoms with E-state index in [0.29, 0.717) is 0 Å². The molecule has 2 aromatic carbocycles. The summed E-state index contributed by atoms with van der Waals surface area (Å²) in [6.07, 6.45) is 1.21. The lowest BCUT2D eigenvalue weighted by atomic mass is 9.95. The quantitative estimate of drug-likeness (QED) is 0.537. The molecule has 1 saturated carbocycles. The van der Waals surface area contributed by atoms with Crippen LogP contribution < -0.4 is 10.6 Å². The summed E-state index contributed by atoms with van der Waals surface area (Å²) >= 11 is 0. The van der Waals surface area contributed by atoms with Crippen molar-refractivity contribution in [2.24, 2.45) is 11.8 Å². The minimum atomic E-state index is -1.23. The van der Waals surface area contributed by atoms with Crippen LogP contribution in [0.1, 0.15) is 50.2 Å². The van der Waals surface area contributed by atoms with Crippen LogP contribution in [0.25, 0.3) is 11.1 Å². The van der Waals surface area contributed by atoms with E-state index in [-0.39, 0.29) is 43.2 Å². The van der Waals surface area contributed by atoms with Gasteiger partial charge in [-0.15, -0.1) is 0 Å². The zero-order valence-electron chi connectivity index (χ0n) is 19.0. The number of carboxylic acids is 1. The number of benzene rings is 2. The SMILES string of the molecule is CC(CNC(=O)OCC1c2ccccc2-c2ccccc21)CC(=O)NC(C)(C(=O)O)C1CC1. The number of aliphatic carboxylic acids is 1. The van der Waals surface area contributed by atoms with E-state index in [1.165, 1.54) is 11.1 Å². The molecule has 174 valence electrons. The van der Waals surface area contributed by atoms with E-state index in [4.69, 9.17) is 4.74 Å². The number of carboxylic acid groups (broad SMARTS) is 1. The molecule has 0 aromatic heterocycles. The molecule has 3 N–H and O–H groups in total. The second-order valence-corrected chi connectivity index (χ2v) is 9.35. The van der Waals surface area contributed by atoms with E-state index >= 15 is 0 Å². The van der Waals surface area contributed by atoms with E-state index in [2.05, 4.69) is 34.9 Å². The van der Waals surface area contributed by atoms with Gasteiger partial charge in [0.15, 0.2) is 0 Å². The number of fused-ring (bicyclic) bond motifs is 3. The third-order valence-corrected chi connectivity index (χ3v) is 6.71. The summed E-state index contributed by atoms with van der Waals surface area (Å²) in [7, 11) is 0. The molecule has 2 aliphatic carbocycles. The molecular weight excluding hydrogens is 420 g/mol. The maximum Gasteiger partial charge on any atom is 0.407 e. The number of nitrogens with one attached hydrogen (secondary N) is 2. The topological polar surface area (TPSA) is 105 Å². The van der Waals surface area contributed by atoms with Gasteiger partial charge in [-0.2, -0.15) is 0 Å². The van der Waals surface area contributed by atoms with Crippen LogP contribution >= 0.6 is 0 Å². The number of amides is 2. The smallest absolute Gasteiger partial charge is 0.407 e. The lowest BCUT2D eigenvalue weighted by Gasteiger charge is -2.26. The average Bonchev–Trinajstić information content (AvgIpc) is 3.60. The van der Waals surface area contributed by atoms with Crippen LogP contribution in [0.4, 0.5) is 4.79 Å². The Kier molecular flexibility index (Phi) is 6.40. The van der Waals surface area contributed by atoms with Crippen molar-refractivity contribution in [3.63, 3.8) is 0 Å². The standard InChI is InChI=1S/C26H30N2O5/c1-16(13-23(29)28-26(2,24(30)31)17-11-12-17)14-27-25(32)33-15-22-20-9-5-3-7-18(20)19-8-4-6-10-21(19)22/h3-10,16-17,22H,11-15H2,1-2H3,(H,27,32)(H,28,29)(H,30,31). The van der Waals surface area contributed by atoms with Gasteiger partial charge < -0.3 is 20.5 Å². The number of alkyl carbamates (subject to hydrolysis) is 1. The van der Waals surface area contributed by atoms with Crippen LogP contribution in [0.5, 0.6) is 0 Å². The van der Waals surface area contributed by atoms with Crippen molar-refractivity contribution in [1.82, 2.24) is 10.6 Å². The first-order valence-corrected chi connectivity index (χ1v) is 11.4. The van der Waals surface area contributed by atoms with Crippen molar-refractivity contribution in [2.45, 2.75) is 44.6 Å². The molecule has 0 saturated heterocycles. The molecule has 7 heteroatoms. The van der Waals surface area contributed by atoms with Gasteiger partial charge in [-0.3, -0.25) is 4.79 Å². The van der Waals surface area contributed by atoms with Crippen LogP contribution in [0.2, 0.25) is 0 Å². The predicted octanol–water partition coefficient (Wildman–Crippen LogP) is 3.92. The summed E-state index contributed by atoms with van der Waals surface area (Å²) < 4.78 is 5.52. The van der Waals surface area contributed by atoms with Gasteiger partial charge in [0.2, 0.25) is 5.91 Å². The van der Waals surface area contributed by atoms with Crippen LogP contribution in [0, 0.1) is 11.8 Å². The first-order chi connectivity index (χ1) is 15.8. The van der Waals surface area contributed by atoms with Gasteiger partial charge in [0.05, 0.1) is 0 Å². The minimum absolute atomic E-state index is 0.0116. The minimum Gasteiger partial charge on any atom is -0.480 e. The summed E-state index contributed by atoms with van der Waals surface area (Å²) in [4.78, 5) is 36.3. The molecule has 2 aliphatic rings. The van der Waals surface area contributed by atoms with Crippen molar-refractivity contribution in [1.29, 1.82) is 0 Å². The maximum atomic E-state index is 12.4. The molecule has 2 amide bonds. The second-order valence-electron chi connectivity index (χ2n) is 9.35. The Balaban J connectivity index is 1.25. The van der Waals surface area contributed by atoms with Gasteiger partial charge >= 0.3 is 12.1 Å². The average molecular weight is 451 g/mol. The van der Waals surface area contributed by atoms with E-state index < -0.39 is 17.6 Å². The van der Waals surface area contributed by atoms with Gasteiger partial charge in [-0.05, 0) is 53.9 Å². The molecule has 2 unspecified atom stereocenters. The van der Waals surface area contributed by atoms with Crippen molar-refractivity contribution >= 4 is 18.0 Å². The highest BCUT2D eigenvalue weighted by molar-refractivity contribution is 5.87. The zero-order valence-corrected chi connectivity index (χ0v) is 19.0. The summed E-state index contributed by atoms with van der Waals surface area (Å²) in [5, 5.41) is 14.9. The molecule has 7 nitrogen and oxygen atoms in total. The molecule has 0 bridgehead atoms. The third kappa shape index (κ3) is 4.87. The molecule has 0 spiro atoms. The Hall–Kier alpha value is -3.35. The largest absolute Gasteiger partial charge is 0.480 e. The lowest BCUT2D eigenvalue weighted by molar-refractivity contribution is -0.148. The number of carbonyl (C=O) groups is 3. The number of carbonyl (C=O) groups excluding carboxylic acids is 2. The summed E-state index contributed by atoms with van der Waals surface area (Å²) in [5.74, 6) is -1.53. The normalized spacial score (nSPS) is 17.3. The Morgan fingerprint density at radius 2 is 1.64 bits per heavy atom. The van der Waals surface area contributed by atoms with Crippen LogP contribution in [-0.2, 0) is 14.3 Å². The molecular formula is C26H30N2O5. The Bertz CT molecular complexity index is 1020. The predicted molar refractivity (Wildman–Crippen MR) is 124 cm³/mol. The van der Waals surface area contributed by atoms with Crippen molar-refractivity contribution in [3.05, 3.63) is 59.7 Å². The van der Waals surface area contributed by atoms with E-state index in [9.17, 15) is 19.5 Å². The lowest BCUT2D eigenvalue weighted by Crippen LogP contribution is -2.54.